The number of thioether (sulfide) groups is 1. The molecule has 70 valence electrons. The van der Waals surface area contributed by atoms with Gasteiger partial charge < -0.3 is 0 Å². The van der Waals surface area contributed by atoms with Crippen LogP contribution in [0.1, 0.15) is 12.5 Å². The van der Waals surface area contributed by atoms with Crippen molar-refractivity contribution in [3.05, 3.63) is 41.7 Å². The molecule has 0 aliphatic carbocycles. The van der Waals surface area contributed by atoms with E-state index in [0.717, 1.165) is 17.6 Å². The Balaban J connectivity index is 2.89. The fraction of sp³-hybridized carbons (Fsp3) is 0.273. The van der Waals surface area contributed by atoms with Crippen molar-refractivity contribution < 1.29 is 4.39 Å². The second-order valence-corrected chi connectivity index (χ2v) is 3.95. The predicted octanol–water partition coefficient (Wildman–Crippen LogP) is 3.67. The molecule has 0 N–H and O–H groups in total. The molecule has 1 aromatic carbocycles. The Kier molecular flexibility index (Phi) is 3.55. The van der Waals surface area contributed by atoms with E-state index in [4.69, 9.17) is 0 Å². The van der Waals surface area contributed by atoms with Gasteiger partial charge in [-0.25, -0.2) is 4.39 Å². The Morgan fingerprint density at radius 3 is 2.69 bits per heavy atom. The first-order chi connectivity index (χ1) is 6.13. The maximum atomic E-state index is 13.3. The van der Waals surface area contributed by atoms with E-state index in [1.807, 2.05) is 25.3 Å². The molecule has 1 aromatic rings. The molecule has 0 aliphatic rings. The lowest BCUT2D eigenvalue weighted by Gasteiger charge is -2.03. The summed E-state index contributed by atoms with van der Waals surface area (Å²) in [5, 5.41) is 0. The first-order valence-corrected chi connectivity index (χ1v) is 5.32. The van der Waals surface area contributed by atoms with E-state index in [-0.39, 0.29) is 5.82 Å². The van der Waals surface area contributed by atoms with Crippen LogP contribution in [0.15, 0.2) is 35.2 Å². The summed E-state index contributed by atoms with van der Waals surface area (Å²) in [6, 6.07) is 5.35. The Hall–Kier alpha value is -0.760. The Bertz CT molecular complexity index is 318. The molecule has 0 saturated carbocycles. The number of hydrogen-bond donors (Lipinski definition) is 0. The molecule has 13 heavy (non-hydrogen) atoms. The van der Waals surface area contributed by atoms with Gasteiger partial charge in [0.05, 0.1) is 0 Å². The molecule has 0 saturated heterocycles. The number of rotatable bonds is 3. The van der Waals surface area contributed by atoms with Crippen LogP contribution in [0.5, 0.6) is 0 Å². The maximum Gasteiger partial charge on any atom is 0.137 e. The molecule has 0 spiro atoms. The molecule has 0 fully saturated rings. The third-order valence-electron chi connectivity index (χ3n) is 1.72. The third-order valence-corrected chi connectivity index (χ3v) is 2.49. The van der Waals surface area contributed by atoms with Crippen molar-refractivity contribution >= 4 is 11.8 Å². The van der Waals surface area contributed by atoms with Gasteiger partial charge in [-0.05, 0) is 37.3 Å². The maximum absolute atomic E-state index is 13.3. The van der Waals surface area contributed by atoms with E-state index in [0.29, 0.717) is 4.90 Å². The topological polar surface area (TPSA) is 0 Å². The van der Waals surface area contributed by atoms with Crippen LogP contribution in [-0.4, -0.2) is 6.26 Å². The van der Waals surface area contributed by atoms with Crippen LogP contribution in [0.2, 0.25) is 0 Å². The zero-order valence-corrected chi connectivity index (χ0v) is 8.75. The van der Waals surface area contributed by atoms with Gasteiger partial charge in [-0.3, -0.25) is 0 Å². The minimum absolute atomic E-state index is 0.133. The van der Waals surface area contributed by atoms with Crippen molar-refractivity contribution in [3.63, 3.8) is 0 Å². The van der Waals surface area contributed by atoms with Gasteiger partial charge in [-0.15, -0.1) is 11.8 Å². The van der Waals surface area contributed by atoms with E-state index in [9.17, 15) is 4.39 Å². The van der Waals surface area contributed by atoms with Gasteiger partial charge in [-0.1, -0.05) is 18.2 Å². The van der Waals surface area contributed by atoms with Crippen molar-refractivity contribution in [3.8, 4) is 0 Å². The van der Waals surface area contributed by atoms with Crippen molar-refractivity contribution in [1.82, 2.24) is 0 Å². The molecule has 0 nitrogen and oxygen atoms in total. The summed E-state index contributed by atoms with van der Waals surface area (Å²) in [5.74, 6) is -0.133. The highest BCUT2D eigenvalue weighted by atomic mass is 32.2. The van der Waals surface area contributed by atoms with Crippen LogP contribution < -0.4 is 0 Å². The van der Waals surface area contributed by atoms with Crippen molar-refractivity contribution in [2.45, 2.75) is 18.2 Å². The monoisotopic (exact) mass is 196 g/mol. The van der Waals surface area contributed by atoms with E-state index in [2.05, 4.69) is 6.58 Å². The Labute approximate surface area is 82.9 Å². The molecule has 2 heteroatoms. The summed E-state index contributed by atoms with van der Waals surface area (Å²) in [7, 11) is 0. The quantitative estimate of drug-likeness (QED) is 0.525. The summed E-state index contributed by atoms with van der Waals surface area (Å²) in [6.07, 6.45) is 2.63. The fourth-order valence-corrected chi connectivity index (χ4v) is 1.63. The van der Waals surface area contributed by atoms with Crippen LogP contribution in [0.4, 0.5) is 4.39 Å². The first-order valence-electron chi connectivity index (χ1n) is 4.10. The van der Waals surface area contributed by atoms with Gasteiger partial charge in [0.25, 0.3) is 0 Å². The lowest BCUT2D eigenvalue weighted by molar-refractivity contribution is 0.600. The smallest absolute Gasteiger partial charge is 0.137 e. The summed E-state index contributed by atoms with van der Waals surface area (Å²) in [5.41, 5.74) is 2.04. The molecule has 0 radical (unpaired) electrons. The largest absolute Gasteiger partial charge is 0.206 e. The lowest BCUT2D eigenvalue weighted by atomic mass is 10.1. The molecule has 0 bridgehead atoms. The second-order valence-electron chi connectivity index (χ2n) is 3.10. The minimum Gasteiger partial charge on any atom is -0.206 e. The van der Waals surface area contributed by atoms with E-state index in [1.165, 1.54) is 11.8 Å². The molecule has 0 amide bonds. The van der Waals surface area contributed by atoms with Crippen LogP contribution >= 0.6 is 11.8 Å². The molecule has 0 unspecified atom stereocenters. The van der Waals surface area contributed by atoms with Crippen LogP contribution in [-0.2, 0) is 6.42 Å². The van der Waals surface area contributed by atoms with Gasteiger partial charge in [0.15, 0.2) is 0 Å². The highest BCUT2D eigenvalue weighted by molar-refractivity contribution is 7.98. The average Bonchev–Trinajstić information content (AvgIpc) is 2.03. The van der Waals surface area contributed by atoms with E-state index in [1.54, 1.807) is 6.07 Å². The highest BCUT2D eigenvalue weighted by Gasteiger charge is 2.01. The standard InChI is InChI=1S/C11H13FS/c1-8(2)6-9-4-5-11(13-3)10(12)7-9/h4-5,7H,1,6H2,2-3H3. The molecule has 0 aromatic heterocycles. The number of hydrogen-bond acceptors (Lipinski definition) is 1. The molecule has 0 atom stereocenters. The van der Waals surface area contributed by atoms with Gasteiger partial charge in [0.2, 0.25) is 0 Å². The summed E-state index contributed by atoms with van der Waals surface area (Å²) in [4.78, 5) is 0.700. The van der Waals surface area contributed by atoms with Gasteiger partial charge in [0.1, 0.15) is 5.82 Å². The Morgan fingerprint density at radius 1 is 1.54 bits per heavy atom. The SMILES string of the molecule is C=C(C)Cc1ccc(SC)c(F)c1. The van der Waals surface area contributed by atoms with Crippen LogP contribution in [0.3, 0.4) is 0 Å². The highest BCUT2D eigenvalue weighted by Crippen LogP contribution is 2.20. The van der Waals surface area contributed by atoms with E-state index < -0.39 is 0 Å². The fourth-order valence-electron chi connectivity index (χ4n) is 1.17. The zero-order valence-electron chi connectivity index (χ0n) is 7.93. The van der Waals surface area contributed by atoms with Gasteiger partial charge in [-0.2, -0.15) is 0 Å². The van der Waals surface area contributed by atoms with Crippen molar-refractivity contribution in [1.29, 1.82) is 0 Å². The molecule has 0 aliphatic heterocycles. The molecular weight excluding hydrogens is 183 g/mol. The summed E-state index contributed by atoms with van der Waals surface area (Å²) in [6.45, 7) is 5.74. The summed E-state index contributed by atoms with van der Waals surface area (Å²) >= 11 is 1.43. The molecular formula is C11H13FS. The number of halogens is 1. The lowest BCUT2D eigenvalue weighted by Crippen LogP contribution is -1.88. The predicted molar refractivity (Wildman–Crippen MR) is 56.7 cm³/mol. The van der Waals surface area contributed by atoms with E-state index >= 15 is 0 Å². The summed E-state index contributed by atoms with van der Waals surface area (Å²) < 4.78 is 13.3. The third kappa shape index (κ3) is 2.88. The second kappa shape index (κ2) is 4.47. The molecule has 1 rings (SSSR count). The minimum atomic E-state index is -0.133. The number of allylic oxidation sites excluding steroid dienone is 1. The average molecular weight is 196 g/mol. The van der Waals surface area contributed by atoms with Gasteiger partial charge >= 0.3 is 0 Å². The van der Waals surface area contributed by atoms with Crippen LogP contribution in [0, 0.1) is 5.82 Å². The zero-order chi connectivity index (χ0) is 9.84. The normalized spacial score (nSPS) is 10.1. The molecule has 0 heterocycles. The number of benzene rings is 1. The van der Waals surface area contributed by atoms with Crippen LogP contribution in [0.25, 0.3) is 0 Å². The first kappa shape index (κ1) is 10.3. The van der Waals surface area contributed by atoms with Crippen molar-refractivity contribution in [2.24, 2.45) is 0 Å². The Morgan fingerprint density at radius 2 is 2.23 bits per heavy atom. The van der Waals surface area contributed by atoms with Gasteiger partial charge in [0, 0.05) is 4.90 Å². The van der Waals surface area contributed by atoms with Crippen molar-refractivity contribution in [2.75, 3.05) is 6.26 Å².